The topological polar surface area (TPSA) is 105 Å². The van der Waals surface area contributed by atoms with Crippen molar-refractivity contribution in [1.82, 2.24) is 14.9 Å². The van der Waals surface area contributed by atoms with Crippen LogP contribution < -0.4 is 14.4 Å². The number of likely N-dealkylation sites (N-methyl/N-ethyl adjacent to an activating group) is 1. The molecule has 1 aliphatic carbocycles. The molecule has 11 heteroatoms. The molecule has 3 heterocycles. The highest BCUT2D eigenvalue weighted by atomic mass is 32.2. The fourth-order valence-corrected chi connectivity index (χ4v) is 6.46. The number of benzene rings is 2. The van der Waals surface area contributed by atoms with Crippen molar-refractivity contribution in [2.45, 2.75) is 29.6 Å². The summed E-state index contributed by atoms with van der Waals surface area (Å²) in [5, 5.41) is 0.896. The van der Waals surface area contributed by atoms with E-state index in [2.05, 4.69) is 14.7 Å². The summed E-state index contributed by atoms with van der Waals surface area (Å²) < 4.78 is 48.3. The molecule has 0 atom stereocenters. The Hall–Kier alpha value is -4.09. The summed E-state index contributed by atoms with van der Waals surface area (Å²) >= 11 is 0. The summed E-state index contributed by atoms with van der Waals surface area (Å²) in [5.41, 5.74) is 3.74. The van der Waals surface area contributed by atoms with Gasteiger partial charge in [0.1, 0.15) is 11.5 Å². The minimum Gasteiger partial charge on any atom is -0.476 e. The molecule has 41 heavy (non-hydrogen) atoms. The number of carbonyl (C=O) groups excluding carboxylic acids is 1. The Morgan fingerprint density at radius 1 is 1.05 bits per heavy atom. The third kappa shape index (κ3) is 4.89. The number of anilines is 2. The van der Waals surface area contributed by atoms with Gasteiger partial charge in [-0.05, 0) is 81.4 Å². The third-order valence-electron chi connectivity index (χ3n) is 7.69. The van der Waals surface area contributed by atoms with Crippen molar-refractivity contribution in [2.75, 3.05) is 43.9 Å². The quantitative estimate of drug-likeness (QED) is 0.292. The van der Waals surface area contributed by atoms with Gasteiger partial charge in [0.05, 0.1) is 34.3 Å². The SMILES string of the molecule is CN(C)CCCOc1ncc(-c2ccc3ncc4c(c3c2)C2(CC2)C(=O)N4C)cc1NS(=O)(=O)c1ccc(F)cc1. The molecule has 212 valence electrons. The fourth-order valence-electron chi connectivity index (χ4n) is 5.41. The van der Waals surface area contributed by atoms with E-state index in [0.29, 0.717) is 12.2 Å². The molecule has 0 saturated heterocycles. The summed E-state index contributed by atoms with van der Waals surface area (Å²) in [7, 11) is 1.65. The van der Waals surface area contributed by atoms with Crippen LogP contribution in [0.4, 0.5) is 15.8 Å². The zero-order valence-electron chi connectivity index (χ0n) is 23.0. The number of nitrogens with one attached hydrogen (secondary N) is 1. The number of halogens is 1. The van der Waals surface area contributed by atoms with E-state index in [9.17, 15) is 17.6 Å². The van der Waals surface area contributed by atoms with Crippen LogP contribution in [-0.4, -0.2) is 63.5 Å². The number of hydrogen-bond acceptors (Lipinski definition) is 7. The molecule has 9 nitrogen and oxygen atoms in total. The monoisotopic (exact) mass is 575 g/mol. The van der Waals surface area contributed by atoms with E-state index in [1.807, 2.05) is 37.2 Å². The van der Waals surface area contributed by atoms with Gasteiger partial charge in [-0.1, -0.05) is 6.07 Å². The molecule has 0 bridgehead atoms. The molecule has 2 aliphatic rings. The Balaban J connectivity index is 1.39. The van der Waals surface area contributed by atoms with Crippen LogP contribution in [0.15, 0.2) is 65.8 Å². The van der Waals surface area contributed by atoms with Crippen LogP contribution in [0.5, 0.6) is 5.88 Å². The first-order valence-electron chi connectivity index (χ1n) is 13.4. The molecule has 0 unspecified atom stereocenters. The van der Waals surface area contributed by atoms with Crippen LogP contribution in [-0.2, 0) is 20.2 Å². The molecule has 1 spiro atoms. The van der Waals surface area contributed by atoms with Gasteiger partial charge in [-0.15, -0.1) is 0 Å². The lowest BCUT2D eigenvalue weighted by atomic mass is 9.92. The van der Waals surface area contributed by atoms with Gasteiger partial charge >= 0.3 is 0 Å². The maximum absolute atomic E-state index is 13.5. The zero-order valence-corrected chi connectivity index (χ0v) is 23.8. The summed E-state index contributed by atoms with van der Waals surface area (Å²) in [6.07, 6.45) is 5.73. The van der Waals surface area contributed by atoms with Crippen LogP contribution in [0, 0.1) is 5.82 Å². The number of ether oxygens (including phenoxy) is 1. The second-order valence-corrected chi connectivity index (χ2v) is 12.5. The second-order valence-electron chi connectivity index (χ2n) is 10.8. The molecule has 0 radical (unpaired) electrons. The molecular formula is C30H30FN5O4S. The second kappa shape index (κ2) is 10.1. The van der Waals surface area contributed by atoms with E-state index in [0.717, 1.165) is 65.7 Å². The number of aromatic nitrogens is 2. The number of carbonyl (C=O) groups is 1. The number of nitrogens with zero attached hydrogens (tertiary/aromatic N) is 4. The van der Waals surface area contributed by atoms with Crippen molar-refractivity contribution < 1.29 is 22.3 Å². The molecule has 1 N–H and O–H groups in total. The van der Waals surface area contributed by atoms with Crippen molar-refractivity contribution in [2.24, 2.45) is 0 Å². The molecular weight excluding hydrogens is 545 g/mol. The molecule has 4 aromatic rings. The Morgan fingerprint density at radius 2 is 1.80 bits per heavy atom. The van der Waals surface area contributed by atoms with Gasteiger partial charge in [0.2, 0.25) is 11.8 Å². The minimum atomic E-state index is -4.06. The molecule has 2 aromatic carbocycles. The molecule has 2 aromatic heterocycles. The summed E-state index contributed by atoms with van der Waals surface area (Å²) in [4.78, 5) is 25.7. The van der Waals surface area contributed by atoms with E-state index < -0.39 is 21.3 Å². The number of pyridine rings is 2. The molecule has 1 saturated carbocycles. The summed E-state index contributed by atoms with van der Waals surface area (Å²) in [5.74, 6) is -0.288. The van der Waals surface area contributed by atoms with Gasteiger partial charge < -0.3 is 14.5 Å². The highest BCUT2D eigenvalue weighted by Gasteiger charge is 2.59. The van der Waals surface area contributed by atoms with E-state index >= 15 is 0 Å². The van der Waals surface area contributed by atoms with Gasteiger partial charge in [-0.25, -0.2) is 17.8 Å². The van der Waals surface area contributed by atoms with Gasteiger partial charge in [0, 0.05) is 36.3 Å². The maximum atomic E-state index is 13.5. The summed E-state index contributed by atoms with van der Waals surface area (Å²) in [6, 6.07) is 12.1. The standard InChI is InChI=1S/C30H30FN5O4S/c1-35(2)13-4-14-40-28-25(34-41(38,39)22-8-6-21(31)7-9-22)16-20(17-33-28)19-5-10-24-23(15-19)27-26(18-32-24)36(3)29(37)30(27)11-12-30/h5-10,15-18,34H,4,11-14H2,1-3H3. The lowest BCUT2D eigenvalue weighted by molar-refractivity contribution is -0.119. The molecule has 1 aliphatic heterocycles. The van der Waals surface area contributed by atoms with Crippen molar-refractivity contribution in [3.8, 4) is 17.0 Å². The number of rotatable bonds is 9. The predicted octanol–water partition coefficient (Wildman–Crippen LogP) is 4.58. The van der Waals surface area contributed by atoms with E-state index in [4.69, 9.17) is 4.74 Å². The first kappa shape index (κ1) is 27.1. The van der Waals surface area contributed by atoms with Gasteiger partial charge in [-0.2, -0.15) is 0 Å². The third-order valence-corrected chi connectivity index (χ3v) is 9.07. The fraction of sp³-hybridized carbons (Fsp3) is 0.300. The largest absolute Gasteiger partial charge is 0.476 e. The van der Waals surface area contributed by atoms with Crippen LogP contribution in [0.25, 0.3) is 22.0 Å². The van der Waals surface area contributed by atoms with Crippen molar-refractivity contribution in [1.29, 1.82) is 0 Å². The maximum Gasteiger partial charge on any atom is 0.262 e. The highest BCUT2D eigenvalue weighted by molar-refractivity contribution is 7.92. The average molecular weight is 576 g/mol. The number of fused-ring (bicyclic) bond motifs is 4. The predicted molar refractivity (Wildman–Crippen MR) is 155 cm³/mol. The highest BCUT2D eigenvalue weighted by Crippen LogP contribution is 2.58. The van der Waals surface area contributed by atoms with Crippen LogP contribution in [0.3, 0.4) is 0 Å². The first-order chi connectivity index (χ1) is 19.6. The average Bonchev–Trinajstić information content (AvgIpc) is 3.72. The Bertz CT molecular complexity index is 1770. The summed E-state index contributed by atoms with van der Waals surface area (Å²) in [6.45, 7) is 1.14. The molecule has 1 amide bonds. The number of sulfonamides is 1. The van der Waals surface area contributed by atoms with Gasteiger partial charge in [-0.3, -0.25) is 14.5 Å². The number of amides is 1. The Labute approximate surface area is 238 Å². The molecule has 6 rings (SSSR count). The Kier molecular flexibility index (Phi) is 6.66. The smallest absolute Gasteiger partial charge is 0.262 e. The normalized spacial score (nSPS) is 15.5. The van der Waals surface area contributed by atoms with Crippen LogP contribution >= 0.6 is 0 Å². The minimum absolute atomic E-state index is 0.0845. The van der Waals surface area contributed by atoms with Crippen molar-refractivity contribution >= 4 is 38.2 Å². The van der Waals surface area contributed by atoms with Crippen LogP contribution in [0.1, 0.15) is 24.8 Å². The van der Waals surface area contributed by atoms with Crippen LogP contribution in [0.2, 0.25) is 0 Å². The lowest BCUT2D eigenvalue weighted by Crippen LogP contribution is -2.28. The molecule has 1 fully saturated rings. The Morgan fingerprint density at radius 3 is 2.51 bits per heavy atom. The van der Waals surface area contributed by atoms with Gasteiger partial charge in [0.25, 0.3) is 10.0 Å². The lowest BCUT2D eigenvalue weighted by Gasteiger charge is -2.16. The van der Waals surface area contributed by atoms with E-state index in [1.54, 1.807) is 30.4 Å². The van der Waals surface area contributed by atoms with E-state index in [-0.39, 0.29) is 22.4 Å². The number of hydrogen-bond donors (Lipinski definition) is 1. The van der Waals surface area contributed by atoms with Crippen molar-refractivity contribution in [3.05, 3.63) is 72.3 Å². The van der Waals surface area contributed by atoms with E-state index in [1.165, 1.54) is 12.1 Å². The van der Waals surface area contributed by atoms with Gasteiger partial charge in [0.15, 0.2) is 0 Å². The first-order valence-corrected chi connectivity index (χ1v) is 14.9. The zero-order chi connectivity index (χ0) is 28.9. The van der Waals surface area contributed by atoms with Crippen molar-refractivity contribution in [3.63, 3.8) is 0 Å².